The molecule has 1 aliphatic rings. The molecule has 0 spiro atoms. The summed E-state index contributed by atoms with van der Waals surface area (Å²) in [5, 5.41) is 0. The van der Waals surface area contributed by atoms with E-state index in [1.807, 2.05) is 17.9 Å². The molecule has 1 fully saturated rings. The van der Waals surface area contributed by atoms with Gasteiger partial charge in [0.05, 0.1) is 0 Å². The van der Waals surface area contributed by atoms with Crippen LogP contribution in [0.3, 0.4) is 0 Å². The van der Waals surface area contributed by atoms with E-state index in [9.17, 15) is 8.78 Å². The number of halogens is 2. The maximum absolute atomic E-state index is 13.1. The molecular weight excluding hydrogens is 246 g/mol. The highest BCUT2D eigenvalue weighted by molar-refractivity contribution is 5.43. The number of nitrogens with zero attached hydrogens (tertiary/aromatic N) is 2. The number of pyridine rings is 1. The zero-order valence-corrected chi connectivity index (χ0v) is 12.1. The molecule has 0 aromatic carbocycles. The molecule has 106 valence electrons. The standard InChI is InChI=1S/C15H22F2N2/c1-11-12(14(2,3)4)5-6-13(18-11)19-9-7-15(16,17)8-10-19/h5-6H,7-10H2,1-4H3. The second-order valence-electron chi connectivity index (χ2n) is 6.40. The van der Waals surface area contributed by atoms with E-state index in [0.717, 1.165) is 11.5 Å². The molecule has 0 atom stereocenters. The number of alkyl halides is 2. The SMILES string of the molecule is Cc1nc(N2CCC(F)(F)CC2)ccc1C(C)(C)C. The van der Waals surface area contributed by atoms with Crippen LogP contribution in [-0.4, -0.2) is 24.0 Å². The molecular formula is C15H22F2N2. The molecule has 2 nitrogen and oxygen atoms in total. The number of aryl methyl sites for hydroxylation is 1. The molecule has 2 heterocycles. The molecule has 0 aliphatic carbocycles. The van der Waals surface area contributed by atoms with Gasteiger partial charge in [0.15, 0.2) is 0 Å². The predicted molar refractivity (Wildman–Crippen MR) is 74.1 cm³/mol. The van der Waals surface area contributed by atoms with E-state index in [2.05, 4.69) is 31.8 Å². The fraction of sp³-hybridized carbons (Fsp3) is 0.667. The first-order valence-corrected chi connectivity index (χ1v) is 6.80. The molecule has 0 radical (unpaired) electrons. The van der Waals surface area contributed by atoms with Crippen molar-refractivity contribution in [3.05, 3.63) is 23.4 Å². The van der Waals surface area contributed by atoms with Crippen LogP contribution in [0, 0.1) is 6.92 Å². The molecule has 0 N–H and O–H groups in total. The van der Waals surface area contributed by atoms with Gasteiger partial charge in [-0.2, -0.15) is 0 Å². The minimum absolute atomic E-state index is 0.0601. The Bertz CT molecular complexity index is 454. The summed E-state index contributed by atoms with van der Waals surface area (Å²) < 4.78 is 26.3. The Hall–Kier alpha value is -1.19. The van der Waals surface area contributed by atoms with Crippen molar-refractivity contribution in [2.24, 2.45) is 0 Å². The molecule has 1 saturated heterocycles. The van der Waals surface area contributed by atoms with Crippen molar-refractivity contribution in [2.45, 2.75) is 51.9 Å². The Morgan fingerprint density at radius 1 is 1.16 bits per heavy atom. The van der Waals surface area contributed by atoms with E-state index in [1.54, 1.807) is 0 Å². The molecule has 1 aromatic rings. The van der Waals surface area contributed by atoms with E-state index < -0.39 is 5.92 Å². The number of anilines is 1. The molecule has 19 heavy (non-hydrogen) atoms. The summed E-state index contributed by atoms with van der Waals surface area (Å²) in [6.45, 7) is 9.21. The lowest BCUT2D eigenvalue weighted by molar-refractivity contribution is -0.0221. The number of rotatable bonds is 1. The summed E-state index contributed by atoms with van der Waals surface area (Å²) in [4.78, 5) is 6.55. The minimum Gasteiger partial charge on any atom is -0.356 e. The number of aromatic nitrogens is 1. The summed E-state index contributed by atoms with van der Waals surface area (Å²) in [5.74, 6) is -1.68. The zero-order chi connectivity index (χ0) is 14.3. The smallest absolute Gasteiger partial charge is 0.251 e. The van der Waals surface area contributed by atoms with Gasteiger partial charge in [0.1, 0.15) is 5.82 Å². The quantitative estimate of drug-likeness (QED) is 0.767. The lowest BCUT2D eigenvalue weighted by Crippen LogP contribution is -2.39. The van der Waals surface area contributed by atoms with Gasteiger partial charge in [0.2, 0.25) is 0 Å². The highest BCUT2D eigenvalue weighted by Crippen LogP contribution is 2.31. The van der Waals surface area contributed by atoms with Gasteiger partial charge in [0, 0.05) is 31.6 Å². The van der Waals surface area contributed by atoms with Crippen LogP contribution in [0.5, 0.6) is 0 Å². The molecule has 1 aliphatic heterocycles. The van der Waals surface area contributed by atoms with Crippen LogP contribution in [0.4, 0.5) is 14.6 Å². The third-order valence-electron chi connectivity index (χ3n) is 3.70. The van der Waals surface area contributed by atoms with E-state index in [-0.39, 0.29) is 18.3 Å². The zero-order valence-electron chi connectivity index (χ0n) is 12.1. The first-order valence-electron chi connectivity index (χ1n) is 6.80. The lowest BCUT2D eigenvalue weighted by atomic mass is 9.86. The highest BCUT2D eigenvalue weighted by Gasteiger charge is 2.34. The summed E-state index contributed by atoms with van der Waals surface area (Å²) in [6, 6.07) is 4.03. The third kappa shape index (κ3) is 3.23. The summed E-state index contributed by atoms with van der Waals surface area (Å²) in [7, 11) is 0. The van der Waals surface area contributed by atoms with Crippen LogP contribution in [0.2, 0.25) is 0 Å². The Morgan fingerprint density at radius 2 is 1.74 bits per heavy atom. The fourth-order valence-electron chi connectivity index (χ4n) is 2.58. The van der Waals surface area contributed by atoms with Crippen molar-refractivity contribution in [1.82, 2.24) is 4.98 Å². The van der Waals surface area contributed by atoms with Crippen LogP contribution < -0.4 is 4.90 Å². The van der Waals surface area contributed by atoms with Gasteiger partial charge in [-0.05, 0) is 24.0 Å². The third-order valence-corrected chi connectivity index (χ3v) is 3.70. The fourth-order valence-corrected chi connectivity index (χ4v) is 2.58. The van der Waals surface area contributed by atoms with Gasteiger partial charge in [-0.15, -0.1) is 0 Å². The Balaban J connectivity index is 2.17. The minimum atomic E-state index is -2.50. The topological polar surface area (TPSA) is 16.1 Å². The summed E-state index contributed by atoms with van der Waals surface area (Å²) in [5.41, 5.74) is 2.26. The first kappa shape index (κ1) is 14.2. The van der Waals surface area contributed by atoms with Crippen LogP contribution in [-0.2, 0) is 5.41 Å². The van der Waals surface area contributed by atoms with E-state index in [1.165, 1.54) is 5.56 Å². The van der Waals surface area contributed by atoms with Crippen LogP contribution >= 0.6 is 0 Å². The van der Waals surface area contributed by atoms with E-state index in [0.29, 0.717) is 13.1 Å². The van der Waals surface area contributed by atoms with E-state index >= 15 is 0 Å². The van der Waals surface area contributed by atoms with Gasteiger partial charge >= 0.3 is 0 Å². The number of piperidine rings is 1. The van der Waals surface area contributed by atoms with E-state index in [4.69, 9.17) is 0 Å². The largest absolute Gasteiger partial charge is 0.356 e. The summed E-state index contributed by atoms with van der Waals surface area (Å²) >= 11 is 0. The monoisotopic (exact) mass is 268 g/mol. The lowest BCUT2D eigenvalue weighted by Gasteiger charge is -2.33. The maximum Gasteiger partial charge on any atom is 0.251 e. The average molecular weight is 268 g/mol. The maximum atomic E-state index is 13.1. The van der Waals surface area contributed by atoms with Crippen LogP contribution in [0.1, 0.15) is 44.9 Å². The predicted octanol–water partition coefficient (Wildman–Crippen LogP) is 3.92. The van der Waals surface area contributed by atoms with Crippen LogP contribution in [0.25, 0.3) is 0 Å². The van der Waals surface area contributed by atoms with Crippen molar-refractivity contribution in [3.63, 3.8) is 0 Å². The Kier molecular flexibility index (Phi) is 3.54. The van der Waals surface area contributed by atoms with Crippen molar-refractivity contribution >= 4 is 5.82 Å². The average Bonchev–Trinajstić information content (AvgIpc) is 2.27. The number of hydrogen-bond donors (Lipinski definition) is 0. The second kappa shape index (κ2) is 4.73. The van der Waals surface area contributed by atoms with Crippen molar-refractivity contribution in [3.8, 4) is 0 Å². The van der Waals surface area contributed by atoms with Crippen molar-refractivity contribution in [1.29, 1.82) is 0 Å². The Labute approximate surface area is 113 Å². The second-order valence-corrected chi connectivity index (χ2v) is 6.40. The van der Waals surface area contributed by atoms with Gasteiger partial charge in [-0.25, -0.2) is 13.8 Å². The molecule has 0 saturated carbocycles. The Morgan fingerprint density at radius 3 is 2.21 bits per heavy atom. The van der Waals surface area contributed by atoms with Crippen molar-refractivity contribution in [2.75, 3.05) is 18.0 Å². The van der Waals surface area contributed by atoms with Gasteiger partial charge in [0.25, 0.3) is 5.92 Å². The summed E-state index contributed by atoms with van der Waals surface area (Å²) in [6.07, 6.45) is -0.149. The van der Waals surface area contributed by atoms with Gasteiger partial charge in [-0.3, -0.25) is 0 Å². The highest BCUT2D eigenvalue weighted by atomic mass is 19.3. The van der Waals surface area contributed by atoms with Gasteiger partial charge < -0.3 is 4.90 Å². The van der Waals surface area contributed by atoms with Crippen LogP contribution in [0.15, 0.2) is 12.1 Å². The molecule has 2 rings (SSSR count). The molecule has 0 bridgehead atoms. The number of hydrogen-bond acceptors (Lipinski definition) is 2. The molecule has 0 unspecified atom stereocenters. The van der Waals surface area contributed by atoms with Gasteiger partial charge in [-0.1, -0.05) is 26.8 Å². The van der Waals surface area contributed by atoms with Crippen molar-refractivity contribution < 1.29 is 8.78 Å². The first-order chi connectivity index (χ1) is 8.69. The molecule has 4 heteroatoms. The normalized spacial score (nSPS) is 19.6. The molecule has 0 amide bonds. The molecule has 1 aromatic heterocycles.